The van der Waals surface area contributed by atoms with Crippen LogP contribution in [0.15, 0.2) is 18.3 Å². The van der Waals surface area contributed by atoms with Gasteiger partial charge < -0.3 is 19.3 Å². The van der Waals surface area contributed by atoms with Crippen molar-refractivity contribution in [2.45, 2.75) is 46.7 Å². The Morgan fingerprint density at radius 1 is 1.20 bits per heavy atom. The summed E-state index contributed by atoms with van der Waals surface area (Å²) in [6.07, 6.45) is 2.79. The molecule has 0 aliphatic rings. The molecule has 1 heterocycles. The van der Waals surface area contributed by atoms with Crippen molar-refractivity contribution in [3.8, 4) is 0 Å². The lowest BCUT2D eigenvalue weighted by Crippen LogP contribution is -2.50. The number of hydrogen-bond acceptors (Lipinski definition) is 2. The molecule has 1 rings (SSSR count). The van der Waals surface area contributed by atoms with Crippen molar-refractivity contribution in [2.75, 3.05) is 27.2 Å². The summed E-state index contributed by atoms with van der Waals surface area (Å²) in [5.41, 5.74) is 1.09. The number of urea groups is 1. The van der Waals surface area contributed by atoms with Crippen LogP contribution in [0.4, 0.5) is 4.79 Å². The van der Waals surface area contributed by atoms with Gasteiger partial charge in [-0.05, 0) is 31.4 Å². The number of amides is 3. The fourth-order valence-electron chi connectivity index (χ4n) is 2.69. The van der Waals surface area contributed by atoms with Crippen LogP contribution in [-0.2, 0) is 18.4 Å². The average molecular weight is 351 g/mol. The molecule has 0 aromatic carbocycles. The summed E-state index contributed by atoms with van der Waals surface area (Å²) in [7, 11) is 5.42. The summed E-state index contributed by atoms with van der Waals surface area (Å²) >= 11 is 0. The highest BCUT2D eigenvalue weighted by Crippen LogP contribution is 2.12. The van der Waals surface area contributed by atoms with Crippen LogP contribution in [0.1, 0.15) is 39.8 Å². The molecule has 0 N–H and O–H groups in total. The van der Waals surface area contributed by atoms with E-state index >= 15 is 0 Å². The molecule has 142 valence electrons. The zero-order chi connectivity index (χ0) is 19.1. The minimum Gasteiger partial charge on any atom is -0.353 e. The third kappa shape index (κ3) is 6.11. The van der Waals surface area contributed by atoms with E-state index in [1.807, 2.05) is 48.7 Å². The summed E-state index contributed by atoms with van der Waals surface area (Å²) in [5, 5.41) is 0. The van der Waals surface area contributed by atoms with Crippen LogP contribution in [0.25, 0.3) is 0 Å². The maximum Gasteiger partial charge on any atom is 0.320 e. The van der Waals surface area contributed by atoms with Crippen LogP contribution >= 0.6 is 0 Å². The molecule has 0 saturated heterocycles. The number of hydrogen-bond donors (Lipinski definition) is 0. The molecule has 6 heteroatoms. The average Bonchev–Trinajstić information content (AvgIpc) is 2.94. The molecule has 0 aliphatic heterocycles. The van der Waals surface area contributed by atoms with Crippen molar-refractivity contribution in [1.29, 1.82) is 0 Å². The van der Waals surface area contributed by atoms with Gasteiger partial charge in [-0.1, -0.05) is 20.8 Å². The summed E-state index contributed by atoms with van der Waals surface area (Å²) in [5.74, 6) is 0.358. The van der Waals surface area contributed by atoms with Gasteiger partial charge in [0, 0.05) is 45.6 Å². The van der Waals surface area contributed by atoms with Gasteiger partial charge in [-0.2, -0.15) is 0 Å². The van der Waals surface area contributed by atoms with Gasteiger partial charge in [0.25, 0.3) is 0 Å². The molecule has 25 heavy (non-hydrogen) atoms. The quantitative estimate of drug-likeness (QED) is 0.724. The number of aryl methyl sites for hydroxylation is 1. The van der Waals surface area contributed by atoms with Crippen LogP contribution < -0.4 is 0 Å². The van der Waals surface area contributed by atoms with Gasteiger partial charge in [0.15, 0.2) is 0 Å². The van der Waals surface area contributed by atoms with Crippen LogP contribution in [0.2, 0.25) is 0 Å². The molecule has 0 aliphatic carbocycles. The second-order valence-electron chi connectivity index (χ2n) is 7.34. The Labute approximate surface area is 152 Å². The first-order chi connectivity index (χ1) is 11.7. The molecule has 0 radical (unpaired) electrons. The van der Waals surface area contributed by atoms with E-state index in [9.17, 15) is 9.59 Å². The van der Waals surface area contributed by atoms with Crippen LogP contribution in [-0.4, -0.2) is 64.4 Å². The Morgan fingerprint density at radius 2 is 1.84 bits per heavy atom. The Bertz CT molecular complexity index is 566. The molecule has 0 bridgehead atoms. The fraction of sp³-hybridized carbons (Fsp3) is 0.684. The van der Waals surface area contributed by atoms with Crippen molar-refractivity contribution in [2.24, 2.45) is 13.0 Å². The van der Waals surface area contributed by atoms with Gasteiger partial charge in [0.05, 0.1) is 6.54 Å². The van der Waals surface area contributed by atoms with Crippen LogP contribution in [0.5, 0.6) is 0 Å². The third-order valence-electron chi connectivity index (χ3n) is 4.40. The molecule has 0 fully saturated rings. The highest BCUT2D eigenvalue weighted by Gasteiger charge is 2.26. The summed E-state index contributed by atoms with van der Waals surface area (Å²) < 4.78 is 2.03. The first kappa shape index (κ1) is 21.1. The van der Waals surface area contributed by atoms with Crippen molar-refractivity contribution >= 4 is 11.9 Å². The molecule has 0 saturated carbocycles. The second kappa shape index (κ2) is 9.49. The summed E-state index contributed by atoms with van der Waals surface area (Å²) in [4.78, 5) is 30.5. The lowest BCUT2D eigenvalue weighted by Gasteiger charge is -2.33. The molecular weight excluding hydrogens is 316 g/mol. The van der Waals surface area contributed by atoms with Gasteiger partial charge in [0.2, 0.25) is 5.91 Å². The Morgan fingerprint density at radius 3 is 2.28 bits per heavy atom. The van der Waals surface area contributed by atoms with Gasteiger partial charge in [-0.15, -0.1) is 0 Å². The number of aromatic nitrogens is 1. The van der Waals surface area contributed by atoms with Gasteiger partial charge in [-0.3, -0.25) is 4.79 Å². The van der Waals surface area contributed by atoms with Crippen LogP contribution in [0.3, 0.4) is 0 Å². The topological polar surface area (TPSA) is 48.8 Å². The lowest BCUT2D eigenvalue weighted by molar-refractivity contribution is -0.133. The lowest BCUT2D eigenvalue weighted by atomic mass is 10.2. The first-order valence-corrected chi connectivity index (χ1v) is 9.03. The molecule has 0 spiro atoms. The van der Waals surface area contributed by atoms with E-state index in [2.05, 4.69) is 13.8 Å². The minimum atomic E-state index is -0.119. The zero-order valence-electron chi connectivity index (χ0n) is 16.8. The van der Waals surface area contributed by atoms with E-state index in [4.69, 9.17) is 0 Å². The highest BCUT2D eigenvalue weighted by molar-refractivity contribution is 5.84. The van der Waals surface area contributed by atoms with E-state index in [0.717, 1.165) is 12.1 Å². The van der Waals surface area contributed by atoms with Crippen LogP contribution in [0, 0.1) is 5.92 Å². The summed E-state index contributed by atoms with van der Waals surface area (Å²) in [6.45, 7) is 9.56. The largest absolute Gasteiger partial charge is 0.353 e. The van der Waals surface area contributed by atoms with E-state index < -0.39 is 0 Å². The Kier molecular flexibility index (Phi) is 8.00. The first-order valence-electron chi connectivity index (χ1n) is 9.03. The standard InChI is InChI=1S/C19H34N4O2/c1-8-16(4)23(19(25)20(5)6)14-18(24)22(12-15(2)3)13-17-10-9-11-21(17)7/h9-11,15-16H,8,12-14H2,1-7H3/t16-/m0/s1. The second-order valence-corrected chi connectivity index (χ2v) is 7.34. The van der Waals surface area contributed by atoms with Crippen molar-refractivity contribution in [3.05, 3.63) is 24.0 Å². The molecule has 1 aromatic heterocycles. The van der Waals surface area contributed by atoms with Crippen molar-refractivity contribution < 1.29 is 9.59 Å². The Hall–Kier alpha value is -1.98. The highest BCUT2D eigenvalue weighted by atomic mass is 16.2. The normalized spacial score (nSPS) is 12.2. The predicted molar refractivity (Wildman–Crippen MR) is 101 cm³/mol. The monoisotopic (exact) mass is 350 g/mol. The number of nitrogens with zero attached hydrogens (tertiary/aromatic N) is 4. The van der Waals surface area contributed by atoms with Gasteiger partial charge in [-0.25, -0.2) is 4.79 Å². The van der Waals surface area contributed by atoms with Crippen molar-refractivity contribution in [1.82, 2.24) is 19.3 Å². The van der Waals surface area contributed by atoms with E-state index in [0.29, 0.717) is 19.0 Å². The van der Waals surface area contributed by atoms with Crippen molar-refractivity contribution in [3.63, 3.8) is 0 Å². The predicted octanol–water partition coefficient (Wildman–Crippen LogP) is 2.79. The van der Waals surface area contributed by atoms with Gasteiger partial charge in [0.1, 0.15) is 6.54 Å². The number of carbonyl (C=O) groups excluding carboxylic acids is 2. The molecule has 3 amide bonds. The third-order valence-corrected chi connectivity index (χ3v) is 4.40. The number of carbonyl (C=O) groups is 2. The molecule has 0 unspecified atom stereocenters. The van der Waals surface area contributed by atoms with E-state index in [-0.39, 0.29) is 24.5 Å². The zero-order valence-corrected chi connectivity index (χ0v) is 16.8. The maximum absolute atomic E-state index is 13.0. The molecular formula is C19H34N4O2. The maximum atomic E-state index is 13.0. The minimum absolute atomic E-state index is 0.00889. The Balaban J connectivity index is 2.94. The summed E-state index contributed by atoms with van der Waals surface area (Å²) in [6, 6.07) is 3.91. The number of rotatable bonds is 8. The molecule has 6 nitrogen and oxygen atoms in total. The van der Waals surface area contributed by atoms with Gasteiger partial charge >= 0.3 is 6.03 Å². The van der Waals surface area contributed by atoms with E-state index in [1.54, 1.807) is 19.0 Å². The van der Waals surface area contributed by atoms with E-state index in [1.165, 1.54) is 4.90 Å². The molecule has 1 atom stereocenters. The fourth-order valence-corrected chi connectivity index (χ4v) is 2.69. The SMILES string of the molecule is CC[C@H](C)N(CC(=O)N(Cc1cccn1C)CC(C)C)C(=O)N(C)C. The smallest absolute Gasteiger partial charge is 0.320 e. The molecule has 1 aromatic rings.